The Balaban J connectivity index is 1.67. The number of aryl methyl sites for hydroxylation is 1. The molecular weight excluding hydrogens is 290 g/mol. The molecule has 0 radical (unpaired) electrons. The Morgan fingerprint density at radius 3 is 2.70 bits per heavy atom. The molecular formula is C19H19NO3. The Hall–Kier alpha value is -2.49. The molecule has 0 N–H and O–H groups in total. The van der Waals surface area contributed by atoms with Crippen LogP contribution in [0.15, 0.2) is 47.6 Å². The zero-order valence-corrected chi connectivity index (χ0v) is 13.3. The van der Waals surface area contributed by atoms with Crippen molar-refractivity contribution in [1.82, 2.24) is 0 Å². The molecule has 1 aliphatic heterocycles. The first-order chi connectivity index (χ1) is 11.3. The van der Waals surface area contributed by atoms with Crippen LogP contribution in [-0.4, -0.2) is 19.9 Å². The fourth-order valence-corrected chi connectivity index (χ4v) is 3.56. The summed E-state index contributed by atoms with van der Waals surface area (Å²) in [4.78, 5) is 5.81. The smallest absolute Gasteiger partial charge is 0.161 e. The normalized spacial score (nSPS) is 21.7. The number of methoxy groups -OCH3 is 2. The summed E-state index contributed by atoms with van der Waals surface area (Å²) >= 11 is 0. The quantitative estimate of drug-likeness (QED) is 0.867. The van der Waals surface area contributed by atoms with Crippen LogP contribution in [0.4, 0.5) is 0 Å². The first-order valence-corrected chi connectivity index (χ1v) is 7.85. The van der Waals surface area contributed by atoms with Crippen molar-refractivity contribution in [2.24, 2.45) is 11.1 Å². The van der Waals surface area contributed by atoms with E-state index in [-0.39, 0.29) is 6.10 Å². The molecule has 4 nitrogen and oxygen atoms in total. The number of nitrogens with zero attached hydrogens (tertiary/aromatic N) is 1. The maximum Gasteiger partial charge on any atom is 0.161 e. The molecule has 1 aliphatic carbocycles. The highest BCUT2D eigenvalue weighted by molar-refractivity contribution is 6.05. The van der Waals surface area contributed by atoms with E-state index in [9.17, 15) is 0 Å². The second-order valence-electron chi connectivity index (χ2n) is 5.92. The summed E-state index contributed by atoms with van der Waals surface area (Å²) in [5, 5.41) is 4.40. The predicted octanol–water partition coefficient (Wildman–Crippen LogP) is 3.74. The van der Waals surface area contributed by atoms with E-state index < -0.39 is 0 Å². The second-order valence-corrected chi connectivity index (χ2v) is 5.92. The molecule has 118 valence electrons. The first-order valence-electron chi connectivity index (χ1n) is 7.85. The molecule has 2 aromatic carbocycles. The summed E-state index contributed by atoms with van der Waals surface area (Å²) in [5.41, 5.74) is 4.74. The van der Waals surface area contributed by atoms with E-state index in [4.69, 9.17) is 14.3 Å². The molecule has 0 amide bonds. The van der Waals surface area contributed by atoms with Crippen LogP contribution < -0.4 is 9.47 Å². The summed E-state index contributed by atoms with van der Waals surface area (Å²) in [6.45, 7) is 0. The Morgan fingerprint density at radius 2 is 1.87 bits per heavy atom. The predicted molar refractivity (Wildman–Crippen MR) is 88.2 cm³/mol. The first kappa shape index (κ1) is 14.1. The van der Waals surface area contributed by atoms with Gasteiger partial charge in [0.05, 0.1) is 19.9 Å². The molecule has 0 bridgehead atoms. The molecule has 4 rings (SSSR count). The van der Waals surface area contributed by atoms with E-state index in [1.165, 1.54) is 11.1 Å². The van der Waals surface area contributed by atoms with Gasteiger partial charge in [-0.15, -0.1) is 0 Å². The van der Waals surface area contributed by atoms with Crippen molar-refractivity contribution >= 4 is 5.71 Å². The molecule has 4 heteroatoms. The van der Waals surface area contributed by atoms with E-state index in [1.807, 2.05) is 18.2 Å². The van der Waals surface area contributed by atoms with Crippen molar-refractivity contribution in [2.75, 3.05) is 14.2 Å². The maximum absolute atomic E-state index is 5.81. The lowest BCUT2D eigenvalue weighted by atomic mass is 9.78. The third-order valence-corrected chi connectivity index (χ3v) is 4.74. The highest BCUT2D eigenvalue weighted by Gasteiger charge is 2.39. The minimum Gasteiger partial charge on any atom is -0.493 e. The van der Waals surface area contributed by atoms with Crippen molar-refractivity contribution in [1.29, 1.82) is 0 Å². The van der Waals surface area contributed by atoms with Crippen LogP contribution in [0.5, 0.6) is 11.5 Å². The molecule has 2 atom stereocenters. The van der Waals surface area contributed by atoms with Crippen molar-refractivity contribution < 1.29 is 14.3 Å². The van der Waals surface area contributed by atoms with Gasteiger partial charge in [-0.1, -0.05) is 35.5 Å². The minimum atomic E-state index is -0.0573. The van der Waals surface area contributed by atoms with Gasteiger partial charge in [0.15, 0.2) is 17.6 Å². The fraction of sp³-hybridized carbons (Fsp3) is 0.316. The highest BCUT2D eigenvalue weighted by atomic mass is 16.6. The Labute approximate surface area is 135 Å². The SMILES string of the molecule is COc1ccc([C@H]2ON=C3c4ccccc4CC[C@@H]32)cc1OC. The second kappa shape index (κ2) is 5.61. The number of hydrogen-bond acceptors (Lipinski definition) is 4. The van der Waals surface area contributed by atoms with Crippen LogP contribution in [0.1, 0.15) is 29.2 Å². The lowest BCUT2D eigenvalue weighted by molar-refractivity contribution is 0.0592. The van der Waals surface area contributed by atoms with Crippen LogP contribution in [0.3, 0.4) is 0 Å². The summed E-state index contributed by atoms with van der Waals surface area (Å²) < 4.78 is 10.7. The van der Waals surface area contributed by atoms with E-state index in [0.717, 1.165) is 35.6 Å². The van der Waals surface area contributed by atoms with Crippen LogP contribution in [0.25, 0.3) is 0 Å². The van der Waals surface area contributed by atoms with Gasteiger partial charge in [-0.05, 0) is 36.1 Å². The molecule has 2 aliphatic rings. The maximum atomic E-state index is 5.81. The van der Waals surface area contributed by atoms with E-state index >= 15 is 0 Å². The lowest BCUT2D eigenvalue weighted by Crippen LogP contribution is -2.24. The van der Waals surface area contributed by atoms with Crippen LogP contribution in [0.2, 0.25) is 0 Å². The van der Waals surface area contributed by atoms with Gasteiger partial charge in [-0.25, -0.2) is 0 Å². The third-order valence-electron chi connectivity index (χ3n) is 4.74. The summed E-state index contributed by atoms with van der Waals surface area (Å²) in [6.07, 6.45) is 2.06. The topological polar surface area (TPSA) is 40.0 Å². The average Bonchev–Trinajstić information content (AvgIpc) is 3.05. The van der Waals surface area contributed by atoms with E-state index in [0.29, 0.717) is 5.92 Å². The zero-order chi connectivity index (χ0) is 15.8. The molecule has 2 aromatic rings. The molecule has 23 heavy (non-hydrogen) atoms. The highest BCUT2D eigenvalue weighted by Crippen LogP contribution is 2.43. The molecule has 1 heterocycles. The standard InChI is InChI=1S/C19H19NO3/c1-21-16-10-8-13(11-17(16)22-2)19-15-9-7-12-5-3-4-6-14(12)18(15)20-23-19/h3-6,8,10-11,15,19H,7,9H2,1-2H3/t15-,19+/m0/s1. The molecule has 0 unspecified atom stereocenters. The van der Waals surface area contributed by atoms with Gasteiger partial charge in [0, 0.05) is 11.5 Å². The van der Waals surface area contributed by atoms with Crippen molar-refractivity contribution in [3.63, 3.8) is 0 Å². The van der Waals surface area contributed by atoms with Gasteiger partial charge >= 0.3 is 0 Å². The van der Waals surface area contributed by atoms with Gasteiger partial charge in [-0.2, -0.15) is 0 Å². The Bertz CT molecular complexity index is 769. The van der Waals surface area contributed by atoms with Gasteiger partial charge in [0.1, 0.15) is 0 Å². The number of ether oxygens (including phenoxy) is 2. The van der Waals surface area contributed by atoms with Crippen molar-refractivity contribution in [3.8, 4) is 11.5 Å². The van der Waals surface area contributed by atoms with Gasteiger partial charge in [-0.3, -0.25) is 0 Å². The Morgan fingerprint density at radius 1 is 1.04 bits per heavy atom. The number of benzene rings is 2. The number of hydrogen-bond donors (Lipinski definition) is 0. The third kappa shape index (κ3) is 2.25. The summed E-state index contributed by atoms with van der Waals surface area (Å²) in [6, 6.07) is 14.4. The van der Waals surface area contributed by atoms with Crippen LogP contribution in [-0.2, 0) is 11.3 Å². The molecule has 0 saturated carbocycles. The average molecular weight is 309 g/mol. The number of rotatable bonds is 3. The van der Waals surface area contributed by atoms with Gasteiger partial charge in [0.25, 0.3) is 0 Å². The van der Waals surface area contributed by atoms with Crippen molar-refractivity contribution in [2.45, 2.75) is 18.9 Å². The molecule has 0 spiro atoms. The van der Waals surface area contributed by atoms with Gasteiger partial charge < -0.3 is 14.3 Å². The largest absolute Gasteiger partial charge is 0.493 e. The monoisotopic (exact) mass is 309 g/mol. The zero-order valence-electron chi connectivity index (χ0n) is 13.3. The van der Waals surface area contributed by atoms with Crippen LogP contribution >= 0.6 is 0 Å². The molecule has 0 saturated heterocycles. The molecule has 0 aromatic heterocycles. The number of fused-ring (bicyclic) bond motifs is 3. The van der Waals surface area contributed by atoms with E-state index in [1.54, 1.807) is 14.2 Å². The van der Waals surface area contributed by atoms with Gasteiger partial charge in [0.2, 0.25) is 0 Å². The Kier molecular flexibility index (Phi) is 3.45. The summed E-state index contributed by atoms with van der Waals surface area (Å²) in [5.74, 6) is 1.74. The minimum absolute atomic E-state index is 0.0573. The summed E-state index contributed by atoms with van der Waals surface area (Å²) in [7, 11) is 3.29. The number of oxime groups is 1. The fourth-order valence-electron chi connectivity index (χ4n) is 3.56. The van der Waals surface area contributed by atoms with E-state index in [2.05, 4.69) is 29.4 Å². The lowest BCUT2D eigenvalue weighted by Gasteiger charge is -2.25. The van der Waals surface area contributed by atoms with Crippen molar-refractivity contribution in [3.05, 3.63) is 59.2 Å². The van der Waals surface area contributed by atoms with Crippen LogP contribution in [0, 0.1) is 5.92 Å². The molecule has 0 fully saturated rings.